The summed E-state index contributed by atoms with van der Waals surface area (Å²) < 4.78 is 5.78. The van der Waals surface area contributed by atoms with E-state index in [1.807, 2.05) is 160 Å². The Labute approximate surface area is 430 Å². The lowest BCUT2D eigenvalue weighted by Crippen LogP contribution is -2.27. The highest BCUT2D eigenvalue weighted by atomic mass is 16.6. The molecule has 3 unspecified atom stereocenters. The number of hydrogen-bond donors (Lipinski definition) is 3. The predicted molar refractivity (Wildman–Crippen MR) is 294 cm³/mol. The molecule has 1 aliphatic carbocycles. The first kappa shape index (κ1) is 51.2. The lowest BCUT2D eigenvalue weighted by Gasteiger charge is -2.30. The summed E-state index contributed by atoms with van der Waals surface area (Å²) in [7, 11) is 0. The van der Waals surface area contributed by atoms with Gasteiger partial charge in [-0.3, -0.25) is 20.3 Å². The Kier molecular flexibility index (Phi) is 18.1. The summed E-state index contributed by atoms with van der Waals surface area (Å²) in [5.74, 6) is 0. The molecule has 73 heavy (non-hydrogen) atoms. The molecule has 9 aromatic rings. The first-order valence-corrected chi connectivity index (χ1v) is 25.1. The van der Waals surface area contributed by atoms with E-state index in [2.05, 4.69) is 106 Å². The van der Waals surface area contributed by atoms with E-state index in [9.17, 15) is 4.79 Å². The highest BCUT2D eigenvalue weighted by Gasteiger charge is 2.32. The summed E-state index contributed by atoms with van der Waals surface area (Å²) in [6.07, 6.45) is 6.12. The lowest BCUT2D eigenvalue weighted by atomic mass is 9.86. The van der Waals surface area contributed by atoms with Gasteiger partial charge in [-0.25, -0.2) is 14.8 Å². The van der Waals surface area contributed by atoms with E-state index in [-0.39, 0.29) is 11.5 Å². The maximum Gasteiger partial charge on any atom is 0.412 e. The molecule has 10 heteroatoms. The summed E-state index contributed by atoms with van der Waals surface area (Å²) in [4.78, 5) is 35.7. The van der Waals surface area contributed by atoms with E-state index in [1.54, 1.807) is 6.20 Å². The number of ether oxygens (including phenoxy) is 1. The standard InChI is InChI=1S/C23H24N2O2.C21H21N3.C19H19N3/c1-23(2,3)21(27-22(26)24-18-13-8-5-9-14-18)20-16-10-15-19(25-20)17-11-6-4-7-12-17;1-2-7-16(8-3-1)19-13-12-17-9-6-11-20(21(17)24-19)23-15-18-10-4-5-14-22-18;1-15(21-14-16-8-3-2-4-9-16)17-11-7-12-19(22-17)18-10-5-6-13-20-18/h4-16,21H,1-3H3,(H,24,26);1-5,7-8,10,12-14,20,23H,6,9,11,15H2;2-13,15,21H,14H2,1H3. The number of pyridine rings is 5. The number of fused-ring (bicyclic) bond motifs is 1. The van der Waals surface area contributed by atoms with Gasteiger partial charge in [0.2, 0.25) is 0 Å². The molecule has 0 radical (unpaired) electrons. The maximum atomic E-state index is 12.4. The molecule has 5 aromatic heterocycles. The van der Waals surface area contributed by atoms with Crippen molar-refractivity contribution in [1.82, 2.24) is 35.6 Å². The average molecular weight is 965 g/mol. The normalized spacial score (nSPS) is 13.6. The Bertz CT molecular complexity index is 3070. The van der Waals surface area contributed by atoms with Gasteiger partial charge in [-0.1, -0.05) is 160 Å². The van der Waals surface area contributed by atoms with Crippen molar-refractivity contribution in [3.63, 3.8) is 0 Å². The molecule has 1 aliphatic rings. The minimum atomic E-state index is -0.493. The average Bonchev–Trinajstić information content (AvgIpc) is 3.45. The predicted octanol–water partition coefficient (Wildman–Crippen LogP) is 14.4. The zero-order valence-corrected chi connectivity index (χ0v) is 42.1. The van der Waals surface area contributed by atoms with Crippen molar-refractivity contribution in [2.75, 3.05) is 5.32 Å². The lowest BCUT2D eigenvalue weighted by molar-refractivity contribution is 0.0360. The van der Waals surface area contributed by atoms with E-state index < -0.39 is 12.2 Å². The molecule has 10 nitrogen and oxygen atoms in total. The fraction of sp³-hybridized carbons (Fsp3) is 0.206. The topological polar surface area (TPSA) is 127 Å². The van der Waals surface area contributed by atoms with Gasteiger partial charge in [0, 0.05) is 53.8 Å². The number of benzene rings is 4. The Morgan fingerprint density at radius 2 is 1.15 bits per heavy atom. The van der Waals surface area contributed by atoms with Gasteiger partial charge in [-0.15, -0.1) is 0 Å². The van der Waals surface area contributed by atoms with Crippen LogP contribution in [0.1, 0.15) is 92.6 Å². The van der Waals surface area contributed by atoms with Crippen molar-refractivity contribution < 1.29 is 9.53 Å². The van der Waals surface area contributed by atoms with Gasteiger partial charge < -0.3 is 15.4 Å². The second-order valence-electron chi connectivity index (χ2n) is 19.0. The van der Waals surface area contributed by atoms with Crippen molar-refractivity contribution in [2.45, 2.75) is 78.2 Å². The highest BCUT2D eigenvalue weighted by Crippen LogP contribution is 2.36. The SMILES string of the molecule is CC(C)(C)C(OC(=O)Nc1ccccc1)c1cccc(-c2ccccc2)n1.CC(NCc1ccccc1)c1cccc(-c2ccccn2)n1.c1ccc(-c2ccc3c(n2)C(NCc2ccccn2)CCC3)cc1. The fourth-order valence-electron chi connectivity index (χ4n) is 8.49. The number of rotatable bonds is 13. The third kappa shape index (κ3) is 15.2. The quantitative estimate of drug-likeness (QED) is 0.103. The minimum Gasteiger partial charge on any atom is -0.439 e. The molecule has 0 aliphatic heterocycles. The molecule has 3 N–H and O–H groups in total. The van der Waals surface area contributed by atoms with Crippen molar-refractivity contribution in [3.8, 4) is 33.9 Å². The van der Waals surface area contributed by atoms with Crippen molar-refractivity contribution in [1.29, 1.82) is 0 Å². The summed E-state index contributed by atoms with van der Waals surface area (Å²) in [5.41, 5.74) is 13.0. The van der Waals surface area contributed by atoms with Gasteiger partial charge in [0.15, 0.2) is 6.10 Å². The molecular weight excluding hydrogens is 901 g/mol. The first-order valence-electron chi connectivity index (χ1n) is 25.1. The van der Waals surface area contributed by atoms with Crippen molar-refractivity contribution in [3.05, 3.63) is 253 Å². The molecule has 4 aromatic carbocycles. The van der Waals surface area contributed by atoms with E-state index in [0.717, 1.165) is 71.4 Å². The van der Waals surface area contributed by atoms with Gasteiger partial charge >= 0.3 is 6.09 Å². The molecule has 0 saturated heterocycles. The number of anilines is 1. The van der Waals surface area contributed by atoms with Gasteiger partial charge in [-0.05, 0) is 104 Å². The van der Waals surface area contributed by atoms with Crippen LogP contribution in [0.15, 0.2) is 219 Å². The number of nitrogens with one attached hydrogen (secondary N) is 3. The Balaban J connectivity index is 0.000000147. The van der Waals surface area contributed by atoms with Crippen LogP contribution < -0.4 is 16.0 Å². The smallest absolute Gasteiger partial charge is 0.412 e. The van der Waals surface area contributed by atoms with Crippen LogP contribution in [-0.2, 0) is 24.2 Å². The van der Waals surface area contributed by atoms with Gasteiger partial charge in [0.1, 0.15) is 0 Å². The summed E-state index contributed by atoms with van der Waals surface area (Å²) in [6, 6.07) is 68.7. The monoisotopic (exact) mass is 965 g/mol. The first-order chi connectivity index (χ1) is 35.7. The summed E-state index contributed by atoms with van der Waals surface area (Å²) >= 11 is 0. The van der Waals surface area contributed by atoms with Gasteiger partial charge in [0.25, 0.3) is 0 Å². The summed E-state index contributed by atoms with van der Waals surface area (Å²) in [5, 5.41) is 9.93. The van der Waals surface area contributed by atoms with Crippen LogP contribution in [0.2, 0.25) is 0 Å². The maximum absolute atomic E-state index is 12.4. The Morgan fingerprint density at radius 1 is 0.575 bits per heavy atom. The number of nitrogens with zero attached hydrogens (tertiary/aromatic N) is 5. The zero-order chi connectivity index (χ0) is 50.7. The molecule has 10 rings (SSSR count). The molecular formula is C63H64N8O2. The summed E-state index contributed by atoms with van der Waals surface area (Å²) in [6.45, 7) is 9.84. The molecule has 0 saturated carbocycles. The largest absolute Gasteiger partial charge is 0.439 e. The van der Waals surface area contributed by atoms with Crippen LogP contribution in [0.3, 0.4) is 0 Å². The van der Waals surface area contributed by atoms with Crippen LogP contribution in [0, 0.1) is 5.41 Å². The number of carbonyl (C=O) groups excluding carboxylic acids is 1. The molecule has 0 fully saturated rings. The molecule has 0 spiro atoms. The molecule has 3 atom stereocenters. The highest BCUT2D eigenvalue weighted by molar-refractivity contribution is 5.84. The molecule has 0 bridgehead atoms. The van der Waals surface area contributed by atoms with E-state index in [1.165, 1.54) is 28.8 Å². The third-order valence-corrected chi connectivity index (χ3v) is 12.3. The van der Waals surface area contributed by atoms with Crippen LogP contribution in [0.4, 0.5) is 10.5 Å². The molecule has 368 valence electrons. The van der Waals surface area contributed by atoms with Crippen LogP contribution >= 0.6 is 0 Å². The molecule has 1 amide bonds. The zero-order valence-electron chi connectivity index (χ0n) is 42.1. The second kappa shape index (κ2) is 25.8. The van der Waals surface area contributed by atoms with E-state index in [0.29, 0.717) is 11.7 Å². The number of para-hydroxylation sites is 1. The van der Waals surface area contributed by atoms with Crippen LogP contribution in [0.25, 0.3) is 33.9 Å². The van der Waals surface area contributed by atoms with Gasteiger partial charge in [-0.2, -0.15) is 0 Å². The number of aromatic nitrogens is 5. The number of hydrogen-bond acceptors (Lipinski definition) is 9. The molecule has 5 heterocycles. The second-order valence-corrected chi connectivity index (χ2v) is 19.0. The van der Waals surface area contributed by atoms with E-state index in [4.69, 9.17) is 19.7 Å². The number of amides is 1. The fourth-order valence-corrected chi connectivity index (χ4v) is 8.49. The number of carbonyl (C=O) groups is 1. The number of aryl methyl sites for hydroxylation is 1. The van der Waals surface area contributed by atoms with E-state index >= 15 is 0 Å². The van der Waals surface area contributed by atoms with Crippen LogP contribution in [0.5, 0.6) is 0 Å². The third-order valence-electron chi connectivity index (χ3n) is 12.3. The van der Waals surface area contributed by atoms with Gasteiger partial charge in [0.05, 0.1) is 51.6 Å². The van der Waals surface area contributed by atoms with Crippen molar-refractivity contribution in [2.24, 2.45) is 5.41 Å². The minimum absolute atomic E-state index is 0.184. The van der Waals surface area contributed by atoms with Crippen molar-refractivity contribution >= 4 is 11.8 Å². The van der Waals surface area contributed by atoms with Crippen LogP contribution in [-0.4, -0.2) is 31.0 Å². The Hall–Kier alpha value is -8.18. The Morgan fingerprint density at radius 3 is 1.79 bits per heavy atom.